The van der Waals surface area contributed by atoms with E-state index in [-0.39, 0.29) is 26.1 Å². The van der Waals surface area contributed by atoms with Crippen molar-refractivity contribution in [2.24, 2.45) is 5.92 Å². The van der Waals surface area contributed by atoms with E-state index >= 15 is 0 Å². The largest absolute Gasteiger partial charge is 0.396 e. The third-order valence-electron chi connectivity index (χ3n) is 1.56. The summed E-state index contributed by atoms with van der Waals surface area (Å²) in [6, 6.07) is 0. The number of aliphatic hydroxyl groups excluding tert-OH is 3. The van der Waals surface area contributed by atoms with Gasteiger partial charge in [-0.3, -0.25) is 0 Å². The van der Waals surface area contributed by atoms with E-state index in [0.29, 0.717) is 6.29 Å². The molecule has 0 rings (SSSR count). The SMILES string of the molecule is O=CC(CCO)C(O)CCO. The molecule has 0 aliphatic heterocycles. The van der Waals surface area contributed by atoms with E-state index in [1.54, 1.807) is 0 Å². The Hall–Kier alpha value is -0.450. The van der Waals surface area contributed by atoms with Crippen molar-refractivity contribution < 1.29 is 20.1 Å². The van der Waals surface area contributed by atoms with Gasteiger partial charge in [-0.15, -0.1) is 0 Å². The van der Waals surface area contributed by atoms with Crippen LogP contribution in [0.5, 0.6) is 0 Å². The molecule has 2 atom stereocenters. The molecule has 4 nitrogen and oxygen atoms in total. The van der Waals surface area contributed by atoms with E-state index in [0.717, 1.165) is 0 Å². The van der Waals surface area contributed by atoms with Crippen molar-refractivity contribution in [3.63, 3.8) is 0 Å². The van der Waals surface area contributed by atoms with E-state index in [9.17, 15) is 4.79 Å². The Balaban J connectivity index is 3.70. The van der Waals surface area contributed by atoms with Crippen molar-refractivity contribution in [2.45, 2.75) is 18.9 Å². The summed E-state index contributed by atoms with van der Waals surface area (Å²) in [5.41, 5.74) is 0. The van der Waals surface area contributed by atoms with Crippen LogP contribution >= 0.6 is 0 Å². The quantitative estimate of drug-likeness (QED) is 0.434. The van der Waals surface area contributed by atoms with Gasteiger partial charge >= 0.3 is 0 Å². The Labute approximate surface area is 65.5 Å². The van der Waals surface area contributed by atoms with Gasteiger partial charge in [0.15, 0.2) is 0 Å². The molecule has 11 heavy (non-hydrogen) atoms. The maximum Gasteiger partial charge on any atom is 0.125 e. The summed E-state index contributed by atoms with van der Waals surface area (Å²) in [5.74, 6) is -0.549. The van der Waals surface area contributed by atoms with Crippen LogP contribution in [0.3, 0.4) is 0 Å². The van der Waals surface area contributed by atoms with Crippen molar-refractivity contribution in [1.82, 2.24) is 0 Å². The molecule has 0 aromatic heterocycles. The first-order chi connectivity index (χ1) is 5.26. The minimum Gasteiger partial charge on any atom is -0.396 e. The molecule has 0 aromatic carbocycles. The number of hydrogen-bond acceptors (Lipinski definition) is 4. The monoisotopic (exact) mass is 162 g/mol. The second-order valence-corrected chi connectivity index (χ2v) is 2.39. The first-order valence-corrected chi connectivity index (χ1v) is 3.61. The number of carbonyl (C=O) groups is 1. The molecule has 0 bridgehead atoms. The lowest BCUT2D eigenvalue weighted by Gasteiger charge is -2.14. The Morgan fingerprint density at radius 3 is 2.09 bits per heavy atom. The highest BCUT2D eigenvalue weighted by Crippen LogP contribution is 2.08. The van der Waals surface area contributed by atoms with E-state index in [4.69, 9.17) is 15.3 Å². The van der Waals surface area contributed by atoms with Crippen LogP contribution < -0.4 is 0 Å². The van der Waals surface area contributed by atoms with Crippen LogP contribution in [-0.2, 0) is 4.79 Å². The summed E-state index contributed by atoms with van der Waals surface area (Å²) in [7, 11) is 0. The van der Waals surface area contributed by atoms with E-state index in [2.05, 4.69) is 0 Å². The average molecular weight is 162 g/mol. The molecule has 66 valence electrons. The van der Waals surface area contributed by atoms with Crippen LogP contribution in [0.1, 0.15) is 12.8 Å². The van der Waals surface area contributed by atoms with Gasteiger partial charge in [-0.25, -0.2) is 0 Å². The fourth-order valence-corrected chi connectivity index (χ4v) is 0.847. The number of rotatable bonds is 6. The van der Waals surface area contributed by atoms with Crippen molar-refractivity contribution in [1.29, 1.82) is 0 Å². The Morgan fingerprint density at radius 2 is 1.73 bits per heavy atom. The summed E-state index contributed by atoms with van der Waals surface area (Å²) in [5, 5.41) is 26.0. The number of hydrogen-bond donors (Lipinski definition) is 3. The van der Waals surface area contributed by atoms with E-state index in [1.165, 1.54) is 0 Å². The molecule has 3 N–H and O–H groups in total. The molecule has 0 fully saturated rings. The fourth-order valence-electron chi connectivity index (χ4n) is 0.847. The topological polar surface area (TPSA) is 77.8 Å². The van der Waals surface area contributed by atoms with E-state index < -0.39 is 12.0 Å². The third-order valence-corrected chi connectivity index (χ3v) is 1.56. The molecule has 0 aliphatic carbocycles. The Bertz CT molecular complexity index is 105. The molecule has 0 heterocycles. The molecular weight excluding hydrogens is 148 g/mol. The first kappa shape index (κ1) is 10.6. The summed E-state index contributed by atoms with van der Waals surface area (Å²) >= 11 is 0. The lowest BCUT2D eigenvalue weighted by atomic mass is 9.99. The minimum absolute atomic E-state index is 0.119. The average Bonchev–Trinajstić information content (AvgIpc) is 2.00. The van der Waals surface area contributed by atoms with Gasteiger partial charge in [0.05, 0.1) is 6.10 Å². The van der Waals surface area contributed by atoms with Crippen LogP contribution in [0.25, 0.3) is 0 Å². The molecule has 0 radical (unpaired) electrons. The Kier molecular flexibility index (Phi) is 6.02. The van der Waals surface area contributed by atoms with Crippen molar-refractivity contribution in [3.8, 4) is 0 Å². The van der Waals surface area contributed by atoms with Gasteiger partial charge in [0.25, 0.3) is 0 Å². The molecule has 0 aliphatic rings. The lowest BCUT2D eigenvalue weighted by molar-refractivity contribution is -0.115. The molecule has 4 heteroatoms. The summed E-state index contributed by atoms with van der Waals surface area (Å²) in [6.07, 6.45) is 0.217. The molecule has 0 spiro atoms. The smallest absolute Gasteiger partial charge is 0.125 e. The van der Waals surface area contributed by atoms with Gasteiger partial charge in [-0.05, 0) is 12.8 Å². The summed E-state index contributed by atoms with van der Waals surface area (Å²) < 4.78 is 0. The summed E-state index contributed by atoms with van der Waals surface area (Å²) in [6.45, 7) is -0.261. The van der Waals surface area contributed by atoms with Crippen LogP contribution in [0.15, 0.2) is 0 Å². The zero-order valence-corrected chi connectivity index (χ0v) is 6.31. The Morgan fingerprint density at radius 1 is 1.18 bits per heavy atom. The van der Waals surface area contributed by atoms with Gasteiger partial charge in [0.2, 0.25) is 0 Å². The molecule has 0 amide bonds. The zero-order chi connectivity index (χ0) is 8.69. The van der Waals surface area contributed by atoms with Crippen LogP contribution in [-0.4, -0.2) is 40.9 Å². The fraction of sp³-hybridized carbons (Fsp3) is 0.857. The zero-order valence-electron chi connectivity index (χ0n) is 6.31. The molecule has 0 aromatic rings. The second-order valence-electron chi connectivity index (χ2n) is 2.39. The van der Waals surface area contributed by atoms with Gasteiger partial charge in [0, 0.05) is 19.1 Å². The normalized spacial score (nSPS) is 15.9. The highest BCUT2D eigenvalue weighted by molar-refractivity contribution is 5.54. The molecular formula is C7H14O4. The van der Waals surface area contributed by atoms with Crippen LogP contribution in [0, 0.1) is 5.92 Å². The van der Waals surface area contributed by atoms with Crippen molar-refractivity contribution in [3.05, 3.63) is 0 Å². The van der Waals surface area contributed by atoms with Crippen LogP contribution in [0.2, 0.25) is 0 Å². The van der Waals surface area contributed by atoms with Gasteiger partial charge in [-0.2, -0.15) is 0 Å². The number of aldehydes is 1. The van der Waals surface area contributed by atoms with Crippen LogP contribution in [0.4, 0.5) is 0 Å². The predicted molar refractivity (Wildman–Crippen MR) is 39.0 cm³/mol. The lowest BCUT2D eigenvalue weighted by Crippen LogP contribution is -2.23. The highest BCUT2D eigenvalue weighted by atomic mass is 16.3. The van der Waals surface area contributed by atoms with Gasteiger partial charge in [-0.1, -0.05) is 0 Å². The van der Waals surface area contributed by atoms with Crippen molar-refractivity contribution >= 4 is 6.29 Å². The number of carbonyl (C=O) groups excluding carboxylic acids is 1. The maximum atomic E-state index is 10.3. The van der Waals surface area contributed by atoms with E-state index in [1.807, 2.05) is 0 Å². The first-order valence-electron chi connectivity index (χ1n) is 3.61. The molecule has 0 saturated heterocycles. The van der Waals surface area contributed by atoms with Crippen molar-refractivity contribution in [2.75, 3.05) is 13.2 Å². The van der Waals surface area contributed by atoms with Gasteiger partial charge in [0.1, 0.15) is 6.29 Å². The molecule has 0 saturated carbocycles. The molecule has 2 unspecified atom stereocenters. The third kappa shape index (κ3) is 4.08. The highest BCUT2D eigenvalue weighted by Gasteiger charge is 2.16. The standard InChI is InChI=1S/C7H14O4/c8-3-1-6(5-10)7(11)2-4-9/h5-9,11H,1-4H2. The second kappa shape index (κ2) is 6.27. The number of aliphatic hydroxyl groups is 3. The minimum atomic E-state index is -0.829. The predicted octanol–water partition coefficient (Wildman–Crippen LogP) is -1.07. The van der Waals surface area contributed by atoms with Gasteiger partial charge < -0.3 is 20.1 Å². The summed E-state index contributed by atoms with van der Waals surface area (Å²) in [4.78, 5) is 10.3. The maximum absolute atomic E-state index is 10.3.